The van der Waals surface area contributed by atoms with Crippen LogP contribution in [0, 0.1) is 6.92 Å². The quantitative estimate of drug-likeness (QED) is 0.862. The van der Waals surface area contributed by atoms with E-state index in [2.05, 4.69) is 0 Å². The van der Waals surface area contributed by atoms with Gasteiger partial charge in [0.15, 0.2) is 0 Å². The minimum atomic E-state index is -0.913. The lowest BCUT2D eigenvalue weighted by Gasteiger charge is -2.21. The zero-order valence-electron chi connectivity index (χ0n) is 9.72. The van der Waals surface area contributed by atoms with Crippen molar-refractivity contribution >= 4 is 11.9 Å². The van der Waals surface area contributed by atoms with Crippen LogP contribution >= 0.6 is 0 Å². The minimum absolute atomic E-state index is 0.0705. The smallest absolute Gasteiger partial charge is 0.326 e. The molecule has 1 unspecified atom stereocenters. The maximum absolute atomic E-state index is 11.6. The zero-order chi connectivity index (χ0) is 12.4. The number of likely N-dealkylation sites (tertiary alicyclic amines) is 1. The number of hydrogen-bond donors (Lipinski definition) is 1. The number of benzene rings is 1. The van der Waals surface area contributed by atoms with Crippen LogP contribution in [0.15, 0.2) is 24.3 Å². The van der Waals surface area contributed by atoms with Crippen molar-refractivity contribution in [2.45, 2.75) is 32.4 Å². The maximum atomic E-state index is 11.6. The summed E-state index contributed by atoms with van der Waals surface area (Å²) in [7, 11) is 0. The Hall–Kier alpha value is -1.84. The molecule has 0 radical (unpaired) electrons. The molecule has 1 atom stereocenters. The normalized spacial score (nSPS) is 19.7. The van der Waals surface area contributed by atoms with Gasteiger partial charge in [-0.05, 0) is 18.9 Å². The molecule has 1 heterocycles. The third-order valence-electron chi connectivity index (χ3n) is 3.05. The van der Waals surface area contributed by atoms with Crippen LogP contribution in [0.25, 0.3) is 0 Å². The molecule has 1 aliphatic heterocycles. The van der Waals surface area contributed by atoms with E-state index >= 15 is 0 Å². The van der Waals surface area contributed by atoms with Crippen LogP contribution in [0.1, 0.15) is 24.0 Å². The first-order valence-electron chi connectivity index (χ1n) is 5.66. The van der Waals surface area contributed by atoms with Gasteiger partial charge in [-0.2, -0.15) is 0 Å². The van der Waals surface area contributed by atoms with E-state index in [-0.39, 0.29) is 5.91 Å². The Kier molecular flexibility index (Phi) is 3.13. The Morgan fingerprint density at radius 1 is 1.53 bits per heavy atom. The Bertz CT molecular complexity index is 456. The van der Waals surface area contributed by atoms with Crippen LogP contribution in [0.2, 0.25) is 0 Å². The number of amides is 1. The summed E-state index contributed by atoms with van der Waals surface area (Å²) in [6.45, 7) is 2.36. The van der Waals surface area contributed by atoms with Crippen molar-refractivity contribution in [3.05, 3.63) is 35.4 Å². The lowest BCUT2D eigenvalue weighted by molar-refractivity contribution is -0.146. The van der Waals surface area contributed by atoms with Crippen LogP contribution in [-0.4, -0.2) is 27.9 Å². The molecule has 1 aromatic carbocycles. The monoisotopic (exact) mass is 233 g/mol. The highest BCUT2D eigenvalue weighted by Crippen LogP contribution is 2.21. The fourth-order valence-electron chi connectivity index (χ4n) is 2.20. The second-order valence-corrected chi connectivity index (χ2v) is 4.40. The van der Waals surface area contributed by atoms with Gasteiger partial charge in [-0.1, -0.05) is 29.8 Å². The van der Waals surface area contributed by atoms with Gasteiger partial charge in [0.1, 0.15) is 6.04 Å². The van der Waals surface area contributed by atoms with E-state index < -0.39 is 12.0 Å². The molecule has 90 valence electrons. The van der Waals surface area contributed by atoms with Crippen molar-refractivity contribution in [2.24, 2.45) is 0 Å². The average Bonchev–Trinajstić information content (AvgIpc) is 2.61. The molecule has 0 spiro atoms. The highest BCUT2D eigenvalue weighted by atomic mass is 16.4. The molecule has 1 amide bonds. The fraction of sp³-hybridized carbons (Fsp3) is 0.385. The molecule has 2 rings (SSSR count). The number of nitrogens with zero attached hydrogens (tertiary/aromatic N) is 1. The summed E-state index contributed by atoms with van der Waals surface area (Å²) in [5.41, 5.74) is 2.09. The van der Waals surface area contributed by atoms with E-state index in [1.165, 1.54) is 4.90 Å². The number of aliphatic carboxylic acids is 1. The van der Waals surface area contributed by atoms with E-state index in [1.54, 1.807) is 0 Å². The van der Waals surface area contributed by atoms with Crippen LogP contribution in [0.5, 0.6) is 0 Å². The molecule has 0 aliphatic carbocycles. The molecule has 1 fully saturated rings. The first kappa shape index (κ1) is 11.6. The number of carbonyl (C=O) groups is 2. The number of rotatable bonds is 3. The van der Waals surface area contributed by atoms with Gasteiger partial charge in [0.25, 0.3) is 0 Å². The molecule has 0 aromatic heterocycles. The van der Waals surface area contributed by atoms with Gasteiger partial charge in [-0.15, -0.1) is 0 Å². The van der Waals surface area contributed by atoms with Crippen LogP contribution in [0.4, 0.5) is 0 Å². The molecule has 1 saturated heterocycles. The predicted molar refractivity (Wildman–Crippen MR) is 62.4 cm³/mol. The largest absolute Gasteiger partial charge is 0.480 e. The van der Waals surface area contributed by atoms with Gasteiger partial charge >= 0.3 is 5.97 Å². The van der Waals surface area contributed by atoms with Gasteiger partial charge in [0.05, 0.1) is 0 Å². The van der Waals surface area contributed by atoms with Gasteiger partial charge in [-0.3, -0.25) is 4.79 Å². The summed E-state index contributed by atoms with van der Waals surface area (Å²) in [6.07, 6.45) is 0.753. The molecule has 4 heteroatoms. The topological polar surface area (TPSA) is 57.6 Å². The SMILES string of the molecule is Cc1cccc(CN2C(=O)CCC2C(=O)O)c1. The average molecular weight is 233 g/mol. The summed E-state index contributed by atoms with van der Waals surface area (Å²) in [5, 5.41) is 9.04. The summed E-state index contributed by atoms with van der Waals surface area (Å²) < 4.78 is 0. The number of aryl methyl sites for hydroxylation is 1. The Morgan fingerprint density at radius 2 is 2.29 bits per heavy atom. The van der Waals surface area contributed by atoms with Gasteiger partial charge in [0, 0.05) is 13.0 Å². The predicted octanol–water partition coefficient (Wildman–Crippen LogP) is 1.57. The van der Waals surface area contributed by atoms with Crippen molar-refractivity contribution in [1.29, 1.82) is 0 Å². The lowest BCUT2D eigenvalue weighted by Crippen LogP contribution is -2.37. The van der Waals surface area contributed by atoms with E-state index in [0.717, 1.165) is 11.1 Å². The highest BCUT2D eigenvalue weighted by molar-refractivity contribution is 5.87. The fourth-order valence-corrected chi connectivity index (χ4v) is 2.20. The number of carbonyl (C=O) groups excluding carboxylic acids is 1. The van der Waals surface area contributed by atoms with Gasteiger partial charge in [0.2, 0.25) is 5.91 Å². The molecule has 0 saturated carbocycles. The zero-order valence-corrected chi connectivity index (χ0v) is 9.72. The highest BCUT2D eigenvalue weighted by Gasteiger charge is 2.35. The van der Waals surface area contributed by atoms with E-state index in [4.69, 9.17) is 5.11 Å². The molecule has 0 bridgehead atoms. The Labute approximate surface area is 99.9 Å². The standard InChI is InChI=1S/C13H15NO3/c1-9-3-2-4-10(7-9)8-14-11(13(16)17)5-6-12(14)15/h2-4,7,11H,5-6,8H2,1H3,(H,16,17). The summed E-state index contributed by atoms with van der Waals surface area (Å²) >= 11 is 0. The van der Waals surface area contributed by atoms with Crippen molar-refractivity contribution in [3.63, 3.8) is 0 Å². The van der Waals surface area contributed by atoms with Crippen molar-refractivity contribution in [2.75, 3.05) is 0 Å². The Morgan fingerprint density at radius 3 is 2.94 bits per heavy atom. The van der Waals surface area contributed by atoms with Crippen LogP contribution < -0.4 is 0 Å². The van der Waals surface area contributed by atoms with Crippen LogP contribution in [-0.2, 0) is 16.1 Å². The van der Waals surface area contributed by atoms with E-state index in [0.29, 0.717) is 19.4 Å². The molecule has 1 aliphatic rings. The molecule has 17 heavy (non-hydrogen) atoms. The van der Waals surface area contributed by atoms with Crippen molar-refractivity contribution in [3.8, 4) is 0 Å². The van der Waals surface area contributed by atoms with Gasteiger partial charge < -0.3 is 10.0 Å². The molecule has 1 N–H and O–H groups in total. The van der Waals surface area contributed by atoms with E-state index in [1.807, 2.05) is 31.2 Å². The lowest BCUT2D eigenvalue weighted by atomic mass is 10.1. The Balaban J connectivity index is 2.16. The third kappa shape index (κ3) is 2.46. The molecule has 4 nitrogen and oxygen atoms in total. The second-order valence-electron chi connectivity index (χ2n) is 4.40. The van der Waals surface area contributed by atoms with E-state index in [9.17, 15) is 9.59 Å². The summed E-state index contributed by atoms with van der Waals surface area (Å²) in [6, 6.07) is 7.12. The number of carboxylic acid groups (broad SMARTS) is 1. The van der Waals surface area contributed by atoms with Crippen LogP contribution in [0.3, 0.4) is 0 Å². The van der Waals surface area contributed by atoms with Crippen molar-refractivity contribution < 1.29 is 14.7 Å². The number of carboxylic acids is 1. The van der Waals surface area contributed by atoms with Gasteiger partial charge in [-0.25, -0.2) is 4.79 Å². The third-order valence-corrected chi connectivity index (χ3v) is 3.05. The summed E-state index contributed by atoms with van der Waals surface area (Å²) in [4.78, 5) is 24.1. The first-order valence-corrected chi connectivity index (χ1v) is 5.66. The molecular weight excluding hydrogens is 218 g/mol. The van der Waals surface area contributed by atoms with Crippen molar-refractivity contribution in [1.82, 2.24) is 4.90 Å². The summed E-state index contributed by atoms with van der Waals surface area (Å²) in [5.74, 6) is -0.984. The molecular formula is C13H15NO3. The molecule has 1 aromatic rings. The minimum Gasteiger partial charge on any atom is -0.480 e. The maximum Gasteiger partial charge on any atom is 0.326 e. The number of hydrogen-bond acceptors (Lipinski definition) is 2. The first-order chi connectivity index (χ1) is 8.08. The second kappa shape index (κ2) is 4.57.